The van der Waals surface area contributed by atoms with Crippen LogP contribution in [0.15, 0.2) is 59.9 Å². The van der Waals surface area contributed by atoms with Gasteiger partial charge in [0.15, 0.2) is 0 Å². The Morgan fingerprint density at radius 1 is 1.19 bits per heavy atom. The van der Waals surface area contributed by atoms with E-state index in [-0.39, 0.29) is 4.90 Å². The number of rotatable bonds is 6. The van der Waals surface area contributed by atoms with Gasteiger partial charge in [0.05, 0.1) is 5.69 Å². The minimum absolute atomic E-state index is 0.202. The van der Waals surface area contributed by atoms with Crippen molar-refractivity contribution in [3.8, 4) is 11.3 Å². The molecule has 140 valence electrons. The van der Waals surface area contributed by atoms with Gasteiger partial charge < -0.3 is 5.32 Å². The second kappa shape index (κ2) is 6.94. The standard InChI is InChI=1S/C21H23N3O2S/c1-15-6-3-4-8-19(15)21-20(16-9-10-16)17(12-22-2)14-24(21)27(25,26)18-7-5-11-23-13-18/h3-8,11,13-14,16,22H,9-10,12H2,1-2H3. The fraction of sp³-hybridized carbons (Fsp3) is 0.286. The van der Waals surface area contributed by atoms with Gasteiger partial charge in [0.25, 0.3) is 10.0 Å². The van der Waals surface area contributed by atoms with E-state index in [9.17, 15) is 8.42 Å². The predicted octanol–water partition coefficient (Wildman–Crippen LogP) is 3.69. The number of nitrogens with one attached hydrogen (secondary N) is 1. The van der Waals surface area contributed by atoms with Crippen molar-refractivity contribution < 1.29 is 8.42 Å². The molecule has 1 aliphatic rings. The largest absolute Gasteiger partial charge is 0.316 e. The van der Waals surface area contributed by atoms with Crippen LogP contribution in [0.3, 0.4) is 0 Å². The molecule has 5 nitrogen and oxygen atoms in total. The van der Waals surface area contributed by atoms with Gasteiger partial charge in [0.2, 0.25) is 0 Å². The molecule has 0 amide bonds. The molecule has 1 N–H and O–H groups in total. The number of pyridine rings is 1. The fourth-order valence-corrected chi connectivity index (χ4v) is 4.99. The first-order valence-electron chi connectivity index (χ1n) is 9.14. The van der Waals surface area contributed by atoms with E-state index < -0.39 is 10.0 Å². The highest BCUT2D eigenvalue weighted by atomic mass is 32.2. The normalized spacial score (nSPS) is 14.4. The van der Waals surface area contributed by atoms with Gasteiger partial charge in [-0.15, -0.1) is 0 Å². The molecule has 3 aromatic rings. The average Bonchev–Trinajstić information content (AvgIpc) is 3.44. The highest BCUT2D eigenvalue weighted by Crippen LogP contribution is 2.48. The number of aromatic nitrogens is 2. The van der Waals surface area contributed by atoms with Crippen LogP contribution in [0.1, 0.15) is 35.4 Å². The monoisotopic (exact) mass is 381 g/mol. The Morgan fingerprint density at radius 3 is 2.59 bits per heavy atom. The van der Waals surface area contributed by atoms with Crippen LogP contribution >= 0.6 is 0 Å². The van der Waals surface area contributed by atoms with Crippen LogP contribution < -0.4 is 5.32 Å². The summed E-state index contributed by atoms with van der Waals surface area (Å²) in [4.78, 5) is 4.21. The van der Waals surface area contributed by atoms with Crippen LogP contribution in [0.4, 0.5) is 0 Å². The van der Waals surface area contributed by atoms with E-state index in [1.54, 1.807) is 24.5 Å². The molecule has 1 fully saturated rings. The molecule has 1 saturated carbocycles. The molecule has 0 saturated heterocycles. The molecule has 0 aliphatic heterocycles. The molecule has 27 heavy (non-hydrogen) atoms. The zero-order valence-corrected chi connectivity index (χ0v) is 16.3. The third-order valence-electron chi connectivity index (χ3n) is 5.04. The minimum Gasteiger partial charge on any atom is -0.316 e. The second-order valence-corrected chi connectivity index (χ2v) is 8.84. The summed E-state index contributed by atoms with van der Waals surface area (Å²) >= 11 is 0. The Balaban J connectivity index is 2.02. The first-order valence-corrected chi connectivity index (χ1v) is 10.6. The second-order valence-electron chi connectivity index (χ2n) is 7.03. The fourth-order valence-electron chi connectivity index (χ4n) is 3.61. The lowest BCUT2D eigenvalue weighted by atomic mass is 9.98. The Kier molecular flexibility index (Phi) is 4.61. The third-order valence-corrected chi connectivity index (χ3v) is 6.68. The molecule has 0 atom stereocenters. The van der Waals surface area contributed by atoms with Gasteiger partial charge in [0, 0.05) is 30.7 Å². The number of hydrogen-bond donors (Lipinski definition) is 1. The van der Waals surface area contributed by atoms with Gasteiger partial charge >= 0.3 is 0 Å². The third kappa shape index (κ3) is 3.19. The first kappa shape index (κ1) is 17.9. The molecule has 2 heterocycles. The number of hydrogen-bond acceptors (Lipinski definition) is 4. The zero-order chi connectivity index (χ0) is 19.0. The van der Waals surface area contributed by atoms with Crippen molar-refractivity contribution in [3.63, 3.8) is 0 Å². The van der Waals surface area contributed by atoms with E-state index >= 15 is 0 Å². The summed E-state index contributed by atoms with van der Waals surface area (Å²) in [6.07, 6.45) is 6.98. The number of aryl methyl sites for hydroxylation is 1. The van der Waals surface area contributed by atoms with E-state index in [4.69, 9.17) is 0 Å². The van der Waals surface area contributed by atoms with E-state index in [0.717, 1.165) is 40.8 Å². The summed E-state index contributed by atoms with van der Waals surface area (Å²) in [5.41, 5.74) is 5.03. The molecule has 0 unspecified atom stereocenters. The number of nitrogens with zero attached hydrogens (tertiary/aromatic N) is 2. The van der Waals surface area contributed by atoms with Crippen LogP contribution in [0.25, 0.3) is 11.3 Å². The lowest BCUT2D eigenvalue weighted by Crippen LogP contribution is -2.14. The van der Waals surface area contributed by atoms with Crippen molar-refractivity contribution in [1.29, 1.82) is 0 Å². The van der Waals surface area contributed by atoms with Crippen molar-refractivity contribution in [2.75, 3.05) is 7.05 Å². The van der Waals surface area contributed by atoms with Crippen LogP contribution in [0.2, 0.25) is 0 Å². The van der Waals surface area contributed by atoms with Gasteiger partial charge in [-0.3, -0.25) is 4.98 Å². The van der Waals surface area contributed by atoms with Gasteiger partial charge in [-0.1, -0.05) is 24.3 Å². The van der Waals surface area contributed by atoms with Crippen molar-refractivity contribution >= 4 is 10.0 Å². The van der Waals surface area contributed by atoms with E-state index in [2.05, 4.69) is 10.3 Å². The van der Waals surface area contributed by atoms with Crippen molar-refractivity contribution in [2.45, 2.75) is 37.1 Å². The lowest BCUT2D eigenvalue weighted by molar-refractivity contribution is 0.587. The van der Waals surface area contributed by atoms with E-state index in [0.29, 0.717) is 12.5 Å². The SMILES string of the molecule is CNCc1cn(S(=O)(=O)c2cccnc2)c(-c2ccccc2C)c1C1CC1. The lowest BCUT2D eigenvalue weighted by Gasteiger charge is -2.14. The Morgan fingerprint density at radius 2 is 1.96 bits per heavy atom. The zero-order valence-electron chi connectivity index (χ0n) is 15.5. The van der Waals surface area contributed by atoms with Crippen molar-refractivity contribution in [1.82, 2.24) is 14.3 Å². The maximum absolute atomic E-state index is 13.5. The first-order chi connectivity index (χ1) is 13.0. The molecule has 4 rings (SSSR count). The summed E-state index contributed by atoms with van der Waals surface area (Å²) in [7, 11) is -1.85. The van der Waals surface area contributed by atoms with E-state index in [1.165, 1.54) is 10.2 Å². The quantitative estimate of drug-likeness (QED) is 0.707. The summed E-state index contributed by atoms with van der Waals surface area (Å²) in [5, 5.41) is 3.18. The Labute approximate surface area is 160 Å². The summed E-state index contributed by atoms with van der Waals surface area (Å²) in [6.45, 7) is 2.66. The smallest absolute Gasteiger partial charge is 0.269 e. The maximum atomic E-state index is 13.5. The molecular formula is C21H23N3O2S. The number of benzene rings is 1. The highest BCUT2D eigenvalue weighted by Gasteiger charge is 2.34. The van der Waals surface area contributed by atoms with Gasteiger partial charge in [0.1, 0.15) is 4.90 Å². The maximum Gasteiger partial charge on any atom is 0.269 e. The van der Waals surface area contributed by atoms with Crippen molar-refractivity contribution in [2.24, 2.45) is 0 Å². The summed E-state index contributed by atoms with van der Waals surface area (Å²) in [5.74, 6) is 0.424. The Bertz CT molecular complexity index is 1070. The van der Waals surface area contributed by atoms with Crippen LogP contribution in [-0.4, -0.2) is 24.4 Å². The molecule has 0 spiro atoms. The predicted molar refractivity (Wildman–Crippen MR) is 106 cm³/mol. The van der Waals surface area contributed by atoms with Crippen LogP contribution in [0.5, 0.6) is 0 Å². The Hall–Kier alpha value is -2.44. The van der Waals surface area contributed by atoms with Crippen LogP contribution in [0, 0.1) is 6.92 Å². The average molecular weight is 382 g/mol. The topological polar surface area (TPSA) is 64.0 Å². The summed E-state index contributed by atoms with van der Waals surface area (Å²) < 4.78 is 28.4. The summed E-state index contributed by atoms with van der Waals surface area (Å²) in [6, 6.07) is 11.2. The highest BCUT2D eigenvalue weighted by molar-refractivity contribution is 7.90. The molecule has 0 radical (unpaired) electrons. The van der Waals surface area contributed by atoms with Gasteiger partial charge in [-0.05, 0) is 61.6 Å². The molecule has 1 aromatic carbocycles. The van der Waals surface area contributed by atoms with Crippen molar-refractivity contribution in [3.05, 3.63) is 71.7 Å². The minimum atomic E-state index is -3.73. The molecule has 6 heteroatoms. The van der Waals surface area contributed by atoms with E-state index in [1.807, 2.05) is 38.2 Å². The van der Waals surface area contributed by atoms with Gasteiger partial charge in [-0.25, -0.2) is 12.4 Å². The van der Waals surface area contributed by atoms with Crippen LogP contribution in [-0.2, 0) is 16.6 Å². The molecule has 0 bridgehead atoms. The molecular weight excluding hydrogens is 358 g/mol. The van der Waals surface area contributed by atoms with Gasteiger partial charge in [-0.2, -0.15) is 0 Å². The molecule has 1 aliphatic carbocycles. The molecule has 2 aromatic heterocycles.